The number of rotatable bonds is 6. The number of sulfone groups is 1. The highest BCUT2D eigenvalue weighted by Crippen LogP contribution is 2.24. The van der Waals surface area contributed by atoms with Crippen LogP contribution in [0.25, 0.3) is 10.9 Å². The summed E-state index contributed by atoms with van der Waals surface area (Å²) >= 11 is 0. The molecule has 1 amide bonds. The maximum atomic E-state index is 12.7. The number of fused-ring (bicyclic) bond motifs is 1. The highest BCUT2D eigenvalue weighted by atomic mass is 32.2. The normalized spacial score (nSPS) is 12.1. The highest BCUT2D eigenvalue weighted by Gasteiger charge is 2.18. The summed E-state index contributed by atoms with van der Waals surface area (Å²) in [6, 6.07) is 12.0. The van der Waals surface area contributed by atoms with Gasteiger partial charge >= 0.3 is 0 Å². The molecular weight excluding hydrogens is 414 g/mol. The van der Waals surface area contributed by atoms with Crippen molar-refractivity contribution in [1.82, 2.24) is 9.47 Å². The Kier molecular flexibility index (Phi) is 5.42. The number of aromatic nitrogens is 1. The van der Waals surface area contributed by atoms with Crippen LogP contribution in [0.2, 0.25) is 0 Å². The minimum absolute atomic E-state index is 0.0574. The van der Waals surface area contributed by atoms with Crippen LogP contribution in [0.3, 0.4) is 0 Å². The largest absolute Gasteiger partial charge is 0.347 e. The summed E-state index contributed by atoms with van der Waals surface area (Å²) in [6.45, 7) is 0.180. The Balaban J connectivity index is 1.89. The third-order valence-corrected chi connectivity index (χ3v) is 6.86. The third-order valence-electron chi connectivity index (χ3n) is 4.37. The average Bonchev–Trinajstić information content (AvgIpc) is 3.02. The second-order valence-electron chi connectivity index (χ2n) is 6.86. The Hall–Kier alpha value is -2.85. The van der Waals surface area contributed by atoms with Crippen molar-refractivity contribution in [2.75, 3.05) is 25.1 Å². The monoisotopic (exact) mass is 435 g/mol. The summed E-state index contributed by atoms with van der Waals surface area (Å²) in [4.78, 5) is 13.2. The number of anilines is 1. The van der Waals surface area contributed by atoms with Gasteiger partial charge in [-0.25, -0.2) is 16.8 Å². The molecule has 8 nitrogen and oxygen atoms in total. The first-order chi connectivity index (χ1) is 13.5. The Morgan fingerprint density at radius 2 is 1.69 bits per heavy atom. The zero-order chi connectivity index (χ0) is 21.4. The molecule has 0 atom stereocenters. The van der Waals surface area contributed by atoms with E-state index in [-0.39, 0.29) is 22.2 Å². The van der Waals surface area contributed by atoms with E-state index in [1.165, 1.54) is 23.1 Å². The first-order valence-electron chi connectivity index (χ1n) is 8.59. The maximum absolute atomic E-state index is 12.7. The summed E-state index contributed by atoms with van der Waals surface area (Å²) < 4.78 is 53.0. The van der Waals surface area contributed by atoms with Gasteiger partial charge in [0.25, 0.3) is 10.0 Å². The third kappa shape index (κ3) is 4.60. The average molecular weight is 436 g/mol. The molecule has 0 spiro atoms. The molecule has 1 N–H and O–H groups in total. The number of carbonyl (C=O) groups excluding carboxylic acids is 1. The van der Waals surface area contributed by atoms with Crippen molar-refractivity contribution in [3.05, 3.63) is 54.7 Å². The second kappa shape index (κ2) is 7.53. The molecule has 0 radical (unpaired) electrons. The van der Waals surface area contributed by atoms with Gasteiger partial charge in [0.05, 0.1) is 9.79 Å². The lowest BCUT2D eigenvalue weighted by Crippen LogP contribution is -2.25. The molecule has 1 heterocycles. The number of likely N-dealkylation sites (N-methyl/N-ethyl adjacent to an activating group) is 1. The van der Waals surface area contributed by atoms with Crippen LogP contribution in [-0.2, 0) is 31.2 Å². The topological polar surface area (TPSA) is 106 Å². The minimum atomic E-state index is -3.97. The lowest BCUT2D eigenvalue weighted by molar-refractivity contribution is -0.129. The molecule has 0 fully saturated rings. The molecule has 0 aliphatic heterocycles. The number of hydrogen-bond donors (Lipinski definition) is 1. The van der Waals surface area contributed by atoms with Gasteiger partial charge in [0, 0.05) is 43.1 Å². The molecule has 29 heavy (non-hydrogen) atoms. The van der Waals surface area contributed by atoms with Gasteiger partial charge in [-0.05, 0) is 42.5 Å². The summed E-state index contributed by atoms with van der Waals surface area (Å²) in [7, 11) is -4.14. The molecule has 0 unspecified atom stereocenters. The Morgan fingerprint density at radius 3 is 2.34 bits per heavy atom. The van der Waals surface area contributed by atoms with Crippen molar-refractivity contribution in [2.24, 2.45) is 0 Å². The van der Waals surface area contributed by atoms with Gasteiger partial charge in [-0.2, -0.15) is 0 Å². The van der Waals surface area contributed by atoms with Crippen LogP contribution in [0, 0.1) is 0 Å². The quantitative estimate of drug-likeness (QED) is 0.637. The SMILES string of the molecule is CN(C)C(=O)Cn1ccc2cc(NS(=O)(=O)c3cccc(S(C)(=O)=O)c3)ccc21. The number of nitrogens with zero attached hydrogens (tertiary/aromatic N) is 2. The maximum Gasteiger partial charge on any atom is 0.261 e. The molecule has 2 aromatic carbocycles. The molecule has 0 aliphatic carbocycles. The number of amides is 1. The Labute approximate surface area is 169 Å². The Bertz CT molecular complexity index is 1290. The van der Waals surface area contributed by atoms with Gasteiger partial charge in [-0.3, -0.25) is 9.52 Å². The molecule has 0 bridgehead atoms. The summed E-state index contributed by atoms with van der Waals surface area (Å²) in [5, 5.41) is 0.765. The van der Waals surface area contributed by atoms with Crippen molar-refractivity contribution in [2.45, 2.75) is 16.3 Å². The Morgan fingerprint density at radius 1 is 1.00 bits per heavy atom. The molecule has 0 aliphatic rings. The molecular formula is C19H21N3O5S2. The smallest absolute Gasteiger partial charge is 0.261 e. The van der Waals surface area contributed by atoms with Gasteiger partial charge in [0.15, 0.2) is 9.84 Å². The molecule has 1 aromatic heterocycles. The fraction of sp³-hybridized carbons (Fsp3) is 0.211. The zero-order valence-corrected chi connectivity index (χ0v) is 17.8. The fourth-order valence-corrected chi connectivity index (χ4v) is 4.61. The molecule has 10 heteroatoms. The van der Waals surface area contributed by atoms with E-state index >= 15 is 0 Å². The van der Waals surface area contributed by atoms with E-state index in [1.807, 2.05) is 0 Å². The van der Waals surface area contributed by atoms with Gasteiger partial charge in [0.1, 0.15) is 6.54 Å². The van der Waals surface area contributed by atoms with Crippen LogP contribution < -0.4 is 4.72 Å². The first-order valence-corrected chi connectivity index (χ1v) is 12.0. The zero-order valence-electron chi connectivity index (χ0n) is 16.2. The molecule has 0 saturated carbocycles. The number of nitrogens with one attached hydrogen (secondary N) is 1. The van der Waals surface area contributed by atoms with Crippen LogP contribution in [0.5, 0.6) is 0 Å². The van der Waals surface area contributed by atoms with Crippen molar-refractivity contribution in [3.8, 4) is 0 Å². The van der Waals surface area contributed by atoms with Crippen molar-refractivity contribution in [1.29, 1.82) is 0 Å². The van der Waals surface area contributed by atoms with Crippen LogP contribution in [0.4, 0.5) is 5.69 Å². The number of hydrogen-bond acceptors (Lipinski definition) is 5. The van der Waals surface area contributed by atoms with Gasteiger partial charge in [-0.1, -0.05) is 6.07 Å². The number of benzene rings is 2. The van der Waals surface area contributed by atoms with E-state index in [0.29, 0.717) is 5.69 Å². The first kappa shape index (κ1) is 20.9. The number of carbonyl (C=O) groups is 1. The minimum Gasteiger partial charge on any atom is -0.347 e. The van der Waals surface area contributed by atoms with E-state index in [1.54, 1.807) is 49.1 Å². The molecule has 3 rings (SSSR count). The van der Waals surface area contributed by atoms with E-state index in [0.717, 1.165) is 23.2 Å². The second-order valence-corrected chi connectivity index (χ2v) is 10.6. The summed E-state index contributed by atoms with van der Waals surface area (Å²) in [6.07, 6.45) is 2.78. The van der Waals surface area contributed by atoms with Gasteiger partial charge in [-0.15, -0.1) is 0 Å². The standard InChI is InChI=1S/C19H21N3O5S2/c1-21(2)19(23)13-22-10-9-14-11-15(7-8-18(14)22)20-29(26,27)17-6-4-5-16(12-17)28(3,24)25/h4-12,20H,13H2,1-3H3. The fourth-order valence-electron chi connectivity index (χ4n) is 2.77. The molecule has 0 saturated heterocycles. The number of sulfonamides is 1. The van der Waals surface area contributed by atoms with E-state index in [9.17, 15) is 21.6 Å². The predicted octanol–water partition coefficient (Wildman–Crippen LogP) is 1.93. The van der Waals surface area contributed by atoms with Crippen LogP contribution in [-0.4, -0.2) is 52.6 Å². The van der Waals surface area contributed by atoms with Crippen molar-refractivity contribution in [3.63, 3.8) is 0 Å². The van der Waals surface area contributed by atoms with Gasteiger partial charge < -0.3 is 9.47 Å². The molecule has 3 aromatic rings. The van der Waals surface area contributed by atoms with Crippen molar-refractivity contribution >= 4 is 42.4 Å². The summed E-state index contributed by atoms with van der Waals surface area (Å²) in [5.41, 5.74) is 1.13. The van der Waals surface area contributed by atoms with E-state index < -0.39 is 19.9 Å². The van der Waals surface area contributed by atoms with E-state index in [4.69, 9.17) is 0 Å². The van der Waals surface area contributed by atoms with E-state index in [2.05, 4.69) is 4.72 Å². The summed E-state index contributed by atoms with van der Waals surface area (Å²) in [5.74, 6) is -0.0574. The lowest BCUT2D eigenvalue weighted by Gasteiger charge is -2.12. The highest BCUT2D eigenvalue weighted by molar-refractivity contribution is 7.93. The van der Waals surface area contributed by atoms with Gasteiger partial charge in [0.2, 0.25) is 5.91 Å². The van der Waals surface area contributed by atoms with Crippen LogP contribution in [0.1, 0.15) is 0 Å². The van der Waals surface area contributed by atoms with Crippen LogP contribution in [0.15, 0.2) is 64.5 Å². The molecule has 154 valence electrons. The lowest BCUT2D eigenvalue weighted by atomic mass is 10.2. The van der Waals surface area contributed by atoms with Crippen molar-refractivity contribution < 1.29 is 21.6 Å². The van der Waals surface area contributed by atoms with Crippen LogP contribution >= 0.6 is 0 Å². The predicted molar refractivity (Wildman–Crippen MR) is 111 cm³/mol.